The van der Waals surface area contributed by atoms with Crippen LogP contribution in [-0.4, -0.2) is 57.7 Å². The lowest BCUT2D eigenvalue weighted by Crippen LogP contribution is -2.59. The number of aliphatic hydroxyl groups is 4. The Bertz CT molecular complexity index is 150. The highest BCUT2D eigenvalue weighted by molar-refractivity contribution is 4.88. The Morgan fingerprint density at radius 3 is 2.08 bits per heavy atom. The van der Waals surface area contributed by atoms with Crippen molar-refractivity contribution in [3.05, 3.63) is 0 Å². The van der Waals surface area contributed by atoms with Crippen molar-refractivity contribution in [2.45, 2.75) is 30.7 Å². The van der Waals surface area contributed by atoms with Crippen molar-refractivity contribution in [3.8, 4) is 0 Å². The first-order chi connectivity index (χ1) is 5.57. The predicted molar refractivity (Wildman–Crippen MR) is 38.0 cm³/mol. The highest BCUT2D eigenvalue weighted by Crippen LogP contribution is 2.18. The van der Waals surface area contributed by atoms with Crippen LogP contribution in [0.1, 0.15) is 0 Å². The van der Waals surface area contributed by atoms with Crippen molar-refractivity contribution in [2.75, 3.05) is 6.54 Å². The smallest absolute Gasteiger partial charge is 0.184 e. The van der Waals surface area contributed by atoms with Gasteiger partial charge in [0.1, 0.15) is 24.4 Å². The molecule has 1 saturated heterocycles. The summed E-state index contributed by atoms with van der Waals surface area (Å²) in [6, 6.07) is 0. The van der Waals surface area contributed by atoms with E-state index in [1.54, 1.807) is 0 Å². The number of ether oxygens (including phenoxy) is 1. The molecule has 1 rings (SSSR count). The van der Waals surface area contributed by atoms with Crippen LogP contribution >= 0.6 is 0 Å². The van der Waals surface area contributed by atoms with E-state index in [2.05, 4.69) is 0 Å². The van der Waals surface area contributed by atoms with Gasteiger partial charge in [0.05, 0.1) is 0 Å². The van der Waals surface area contributed by atoms with E-state index in [0.29, 0.717) is 0 Å². The summed E-state index contributed by atoms with van der Waals surface area (Å²) >= 11 is 0. The fourth-order valence-corrected chi connectivity index (χ4v) is 1.13. The fraction of sp³-hybridized carbons (Fsp3) is 1.00. The van der Waals surface area contributed by atoms with Gasteiger partial charge >= 0.3 is 0 Å². The molecule has 0 aromatic carbocycles. The van der Waals surface area contributed by atoms with Gasteiger partial charge in [-0.2, -0.15) is 0 Å². The van der Waals surface area contributed by atoms with Crippen LogP contribution in [0.25, 0.3) is 0 Å². The van der Waals surface area contributed by atoms with E-state index in [1.807, 2.05) is 0 Å². The van der Waals surface area contributed by atoms with Crippen LogP contribution in [0, 0.1) is 0 Å². The lowest BCUT2D eigenvalue weighted by molar-refractivity contribution is -0.279. The molecule has 5 atom stereocenters. The minimum atomic E-state index is -1.49. The number of hydrogen-bond donors (Lipinski definition) is 5. The van der Waals surface area contributed by atoms with Gasteiger partial charge < -0.3 is 30.9 Å². The second kappa shape index (κ2) is 3.65. The predicted octanol–water partition coefficient (Wildman–Crippen LogP) is -3.25. The summed E-state index contributed by atoms with van der Waals surface area (Å²) in [5.74, 6) is 0. The molecule has 0 saturated carbocycles. The Morgan fingerprint density at radius 2 is 1.58 bits per heavy atom. The average molecular weight is 179 g/mol. The maximum atomic E-state index is 9.20. The molecule has 0 aromatic rings. The molecule has 1 fully saturated rings. The summed E-state index contributed by atoms with van der Waals surface area (Å²) in [6.45, 7) is -0.0258. The van der Waals surface area contributed by atoms with Gasteiger partial charge in [0, 0.05) is 6.54 Å². The molecule has 0 radical (unpaired) electrons. The van der Waals surface area contributed by atoms with E-state index in [0.717, 1.165) is 0 Å². The normalized spacial score (nSPS) is 49.2. The Balaban J connectivity index is 2.63. The molecule has 12 heavy (non-hydrogen) atoms. The van der Waals surface area contributed by atoms with Gasteiger partial charge in [0.15, 0.2) is 6.29 Å². The van der Waals surface area contributed by atoms with Crippen molar-refractivity contribution in [3.63, 3.8) is 0 Å². The SMILES string of the molecule is NCC1O[C@@H](O)C(O)C(O)C1O. The highest BCUT2D eigenvalue weighted by atomic mass is 16.6. The molecular weight excluding hydrogens is 166 g/mol. The van der Waals surface area contributed by atoms with E-state index in [1.165, 1.54) is 0 Å². The maximum absolute atomic E-state index is 9.20. The van der Waals surface area contributed by atoms with Gasteiger partial charge in [0.2, 0.25) is 0 Å². The van der Waals surface area contributed by atoms with Crippen molar-refractivity contribution >= 4 is 0 Å². The molecule has 6 N–H and O–H groups in total. The lowest BCUT2D eigenvalue weighted by Gasteiger charge is -2.37. The van der Waals surface area contributed by atoms with Gasteiger partial charge in [-0.1, -0.05) is 0 Å². The summed E-state index contributed by atoms with van der Waals surface area (Å²) < 4.78 is 4.70. The summed E-state index contributed by atoms with van der Waals surface area (Å²) in [7, 11) is 0. The Hall–Kier alpha value is -0.240. The molecule has 1 heterocycles. The zero-order valence-corrected chi connectivity index (χ0v) is 6.37. The summed E-state index contributed by atoms with van der Waals surface area (Å²) in [5, 5.41) is 36.3. The van der Waals surface area contributed by atoms with E-state index in [4.69, 9.17) is 25.8 Å². The van der Waals surface area contributed by atoms with Crippen molar-refractivity contribution in [2.24, 2.45) is 5.73 Å². The highest BCUT2D eigenvalue weighted by Gasteiger charge is 2.42. The maximum Gasteiger partial charge on any atom is 0.184 e. The number of hydrogen-bond acceptors (Lipinski definition) is 6. The molecule has 0 spiro atoms. The molecule has 1 aliphatic rings. The van der Waals surface area contributed by atoms with Crippen LogP contribution in [0.4, 0.5) is 0 Å². The van der Waals surface area contributed by atoms with Gasteiger partial charge in [-0.15, -0.1) is 0 Å². The molecule has 72 valence electrons. The largest absolute Gasteiger partial charge is 0.388 e. The summed E-state index contributed by atoms with van der Waals surface area (Å²) in [5.41, 5.74) is 5.17. The quantitative estimate of drug-likeness (QED) is 0.288. The molecular formula is C6H13NO5. The van der Waals surface area contributed by atoms with Crippen molar-refractivity contribution < 1.29 is 25.2 Å². The first-order valence-corrected chi connectivity index (χ1v) is 3.65. The average Bonchev–Trinajstić information content (AvgIpc) is 2.08. The molecule has 0 amide bonds. The zero-order valence-electron chi connectivity index (χ0n) is 6.37. The number of aliphatic hydroxyl groups excluding tert-OH is 4. The van der Waals surface area contributed by atoms with E-state index in [9.17, 15) is 5.11 Å². The van der Waals surface area contributed by atoms with Crippen LogP contribution < -0.4 is 5.73 Å². The number of rotatable bonds is 1. The zero-order chi connectivity index (χ0) is 9.30. The minimum absolute atomic E-state index is 0.0258. The van der Waals surface area contributed by atoms with Crippen LogP contribution in [0.2, 0.25) is 0 Å². The molecule has 1 aliphatic heterocycles. The van der Waals surface area contributed by atoms with Gasteiger partial charge in [-0.3, -0.25) is 0 Å². The molecule has 6 nitrogen and oxygen atoms in total. The second-order valence-corrected chi connectivity index (χ2v) is 2.77. The third-order valence-corrected chi connectivity index (χ3v) is 1.92. The van der Waals surface area contributed by atoms with E-state index >= 15 is 0 Å². The second-order valence-electron chi connectivity index (χ2n) is 2.77. The topological polar surface area (TPSA) is 116 Å². The molecule has 0 bridgehead atoms. The Kier molecular flexibility index (Phi) is 2.99. The first kappa shape index (κ1) is 9.85. The molecule has 6 heteroatoms. The monoisotopic (exact) mass is 179 g/mol. The van der Waals surface area contributed by atoms with E-state index < -0.39 is 30.7 Å². The van der Waals surface area contributed by atoms with Gasteiger partial charge in [0.25, 0.3) is 0 Å². The summed E-state index contributed by atoms with van der Waals surface area (Å²) in [4.78, 5) is 0. The van der Waals surface area contributed by atoms with E-state index in [-0.39, 0.29) is 6.54 Å². The minimum Gasteiger partial charge on any atom is -0.388 e. The van der Waals surface area contributed by atoms with Gasteiger partial charge in [-0.05, 0) is 0 Å². The Labute approximate surface area is 69.2 Å². The standard InChI is InChI=1S/C6H13NO5/c7-1-2-3(8)4(9)5(10)6(11)12-2/h2-6,8-11H,1,7H2/t2?,3?,4?,5?,6-/m1/s1. The van der Waals surface area contributed by atoms with Crippen molar-refractivity contribution in [1.29, 1.82) is 0 Å². The van der Waals surface area contributed by atoms with Crippen molar-refractivity contribution in [1.82, 2.24) is 0 Å². The molecule has 0 aliphatic carbocycles. The van der Waals surface area contributed by atoms with Crippen LogP contribution in [0.3, 0.4) is 0 Å². The summed E-state index contributed by atoms with van der Waals surface area (Å²) in [6.07, 6.45) is -6.48. The first-order valence-electron chi connectivity index (χ1n) is 3.65. The van der Waals surface area contributed by atoms with Crippen LogP contribution in [0.5, 0.6) is 0 Å². The lowest BCUT2D eigenvalue weighted by atomic mass is 9.99. The third-order valence-electron chi connectivity index (χ3n) is 1.92. The molecule has 0 aromatic heterocycles. The Morgan fingerprint density at radius 1 is 1.00 bits per heavy atom. The van der Waals surface area contributed by atoms with Crippen LogP contribution in [0.15, 0.2) is 0 Å². The van der Waals surface area contributed by atoms with Gasteiger partial charge in [-0.25, -0.2) is 0 Å². The number of nitrogens with two attached hydrogens (primary N) is 1. The molecule has 4 unspecified atom stereocenters. The van der Waals surface area contributed by atoms with Crippen LogP contribution in [-0.2, 0) is 4.74 Å². The third kappa shape index (κ3) is 1.58. The fourth-order valence-electron chi connectivity index (χ4n) is 1.13.